The van der Waals surface area contributed by atoms with Gasteiger partial charge in [-0.2, -0.15) is 4.31 Å². The monoisotopic (exact) mass is 378 g/mol. The van der Waals surface area contributed by atoms with E-state index in [2.05, 4.69) is 34.7 Å². The highest BCUT2D eigenvalue weighted by molar-refractivity contribution is 9.10. The molecule has 1 aromatic carbocycles. The standard InChI is InChI=1S/C14H20BrFN2O2S/c1-3-17(4-2)11-7-8-18(10-11)21(19,20)12-5-6-13(15)14(16)9-12/h5-6,9,11H,3-4,7-8,10H2,1-2H3. The second-order valence-electron chi connectivity index (χ2n) is 5.10. The zero-order chi connectivity index (χ0) is 15.6. The number of sulfonamides is 1. The Bertz CT molecular complexity index is 605. The lowest BCUT2D eigenvalue weighted by Crippen LogP contribution is -2.38. The second kappa shape index (κ2) is 6.73. The number of halogens is 2. The summed E-state index contributed by atoms with van der Waals surface area (Å²) in [4.78, 5) is 2.28. The van der Waals surface area contributed by atoms with Crippen LogP contribution in [-0.4, -0.2) is 49.8 Å². The highest BCUT2D eigenvalue weighted by Gasteiger charge is 2.34. The summed E-state index contributed by atoms with van der Waals surface area (Å²) in [6, 6.07) is 4.19. The van der Waals surface area contributed by atoms with Crippen molar-refractivity contribution in [2.45, 2.75) is 31.2 Å². The third-order valence-electron chi connectivity index (χ3n) is 3.98. The maximum absolute atomic E-state index is 13.6. The maximum Gasteiger partial charge on any atom is 0.243 e. The Morgan fingerprint density at radius 1 is 1.38 bits per heavy atom. The van der Waals surface area contributed by atoms with E-state index in [4.69, 9.17) is 0 Å². The highest BCUT2D eigenvalue weighted by Crippen LogP contribution is 2.26. The number of nitrogens with zero attached hydrogens (tertiary/aromatic N) is 2. The van der Waals surface area contributed by atoms with Crippen molar-refractivity contribution in [3.05, 3.63) is 28.5 Å². The van der Waals surface area contributed by atoms with Crippen molar-refractivity contribution in [1.29, 1.82) is 0 Å². The quantitative estimate of drug-likeness (QED) is 0.790. The van der Waals surface area contributed by atoms with Gasteiger partial charge in [-0.1, -0.05) is 13.8 Å². The fraction of sp³-hybridized carbons (Fsp3) is 0.571. The van der Waals surface area contributed by atoms with Gasteiger partial charge in [0.15, 0.2) is 0 Å². The summed E-state index contributed by atoms with van der Waals surface area (Å²) >= 11 is 3.04. The third kappa shape index (κ3) is 3.47. The molecule has 2 rings (SSSR count). The molecule has 1 aliphatic heterocycles. The Hall–Kier alpha value is -0.500. The first-order chi connectivity index (χ1) is 9.90. The summed E-state index contributed by atoms with van der Waals surface area (Å²) in [5.74, 6) is -0.560. The molecule has 0 spiro atoms. The Labute approximate surface area is 134 Å². The molecule has 1 atom stereocenters. The van der Waals surface area contributed by atoms with E-state index in [0.717, 1.165) is 25.6 Å². The van der Waals surface area contributed by atoms with Crippen molar-refractivity contribution >= 4 is 26.0 Å². The summed E-state index contributed by atoms with van der Waals surface area (Å²) in [6.45, 7) is 6.92. The molecule has 21 heavy (non-hydrogen) atoms. The van der Waals surface area contributed by atoms with E-state index < -0.39 is 15.8 Å². The summed E-state index contributed by atoms with van der Waals surface area (Å²) < 4.78 is 40.4. The molecule has 0 aliphatic carbocycles. The van der Waals surface area contributed by atoms with Gasteiger partial charge in [-0.05, 0) is 53.6 Å². The molecule has 1 heterocycles. The van der Waals surface area contributed by atoms with Crippen LogP contribution in [0.2, 0.25) is 0 Å². The molecule has 0 aromatic heterocycles. The smallest absolute Gasteiger partial charge is 0.243 e. The van der Waals surface area contributed by atoms with Crippen LogP contribution in [0.1, 0.15) is 20.3 Å². The van der Waals surface area contributed by atoms with Gasteiger partial charge >= 0.3 is 0 Å². The lowest BCUT2D eigenvalue weighted by Gasteiger charge is -2.26. The molecule has 0 radical (unpaired) electrons. The molecule has 0 amide bonds. The van der Waals surface area contributed by atoms with Gasteiger partial charge in [0.05, 0.1) is 9.37 Å². The third-order valence-corrected chi connectivity index (χ3v) is 6.49. The van der Waals surface area contributed by atoms with E-state index in [9.17, 15) is 12.8 Å². The Morgan fingerprint density at radius 3 is 2.62 bits per heavy atom. The normalized spacial score (nSPS) is 20.3. The predicted molar refractivity (Wildman–Crippen MR) is 84.2 cm³/mol. The van der Waals surface area contributed by atoms with Crippen molar-refractivity contribution in [2.75, 3.05) is 26.2 Å². The van der Waals surface area contributed by atoms with Crippen LogP contribution >= 0.6 is 15.9 Å². The molecule has 4 nitrogen and oxygen atoms in total. The molecule has 0 bridgehead atoms. The van der Waals surface area contributed by atoms with E-state index in [1.165, 1.54) is 16.4 Å². The topological polar surface area (TPSA) is 40.6 Å². The molecule has 0 N–H and O–H groups in total. The maximum atomic E-state index is 13.6. The SMILES string of the molecule is CCN(CC)C1CCN(S(=O)(=O)c2ccc(Br)c(F)c2)C1. The van der Waals surface area contributed by atoms with Gasteiger partial charge in [-0.25, -0.2) is 12.8 Å². The number of benzene rings is 1. The summed E-state index contributed by atoms with van der Waals surface area (Å²) in [6.07, 6.45) is 0.819. The molecule has 118 valence electrons. The van der Waals surface area contributed by atoms with E-state index in [-0.39, 0.29) is 15.4 Å². The minimum atomic E-state index is -3.62. The zero-order valence-electron chi connectivity index (χ0n) is 12.2. The zero-order valence-corrected chi connectivity index (χ0v) is 14.6. The molecule has 1 aliphatic rings. The van der Waals surface area contributed by atoms with Crippen molar-refractivity contribution in [3.8, 4) is 0 Å². The first kappa shape index (κ1) is 16.9. The van der Waals surface area contributed by atoms with Gasteiger partial charge in [0, 0.05) is 19.1 Å². The van der Waals surface area contributed by atoms with Crippen molar-refractivity contribution < 1.29 is 12.8 Å². The van der Waals surface area contributed by atoms with Crippen LogP contribution in [0, 0.1) is 5.82 Å². The van der Waals surface area contributed by atoms with Crippen molar-refractivity contribution in [2.24, 2.45) is 0 Å². The minimum Gasteiger partial charge on any atom is -0.300 e. The van der Waals surface area contributed by atoms with Gasteiger partial charge in [-0.3, -0.25) is 4.90 Å². The number of rotatable bonds is 5. The average molecular weight is 379 g/mol. The van der Waals surface area contributed by atoms with Crippen molar-refractivity contribution in [1.82, 2.24) is 9.21 Å². The first-order valence-electron chi connectivity index (χ1n) is 7.09. The van der Waals surface area contributed by atoms with Crippen molar-refractivity contribution in [3.63, 3.8) is 0 Å². The van der Waals surface area contributed by atoms with Crippen LogP contribution in [-0.2, 0) is 10.0 Å². The van der Waals surface area contributed by atoms with E-state index in [1.54, 1.807) is 0 Å². The van der Waals surface area contributed by atoms with Gasteiger partial charge in [0.1, 0.15) is 5.82 Å². The first-order valence-corrected chi connectivity index (χ1v) is 9.32. The number of hydrogen-bond donors (Lipinski definition) is 0. The van der Waals surface area contributed by atoms with E-state index >= 15 is 0 Å². The molecule has 1 unspecified atom stereocenters. The van der Waals surface area contributed by atoms with Crippen LogP contribution in [0.5, 0.6) is 0 Å². The fourth-order valence-electron chi connectivity index (χ4n) is 2.75. The lowest BCUT2D eigenvalue weighted by atomic mass is 10.2. The summed E-state index contributed by atoms with van der Waals surface area (Å²) in [5.41, 5.74) is 0. The van der Waals surface area contributed by atoms with Crippen LogP contribution in [0.25, 0.3) is 0 Å². The molecule has 1 aromatic rings. The molecule has 0 saturated carbocycles. The Morgan fingerprint density at radius 2 is 2.05 bits per heavy atom. The van der Waals surface area contributed by atoms with Crippen LogP contribution in [0.3, 0.4) is 0 Å². The molecule has 7 heteroatoms. The lowest BCUT2D eigenvalue weighted by molar-refractivity contribution is 0.224. The summed E-state index contributed by atoms with van der Waals surface area (Å²) in [7, 11) is -3.62. The number of likely N-dealkylation sites (N-methyl/N-ethyl adjacent to an activating group) is 1. The predicted octanol–water partition coefficient (Wildman–Crippen LogP) is 2.69. The van der Waals surface area contributed by atoms with Gasteiger partial charge in [-0.15, -0.1) is 0 Å². The minimum absolute atomic E-state index is 0.0170. The molecule has 1 saturated heterocycles. The Kier molecular flexibility index (Phi) is 5.40. The van der Waals surface area contributed by atoms with Gasteiger partial charge in [0.2, 0.25) is 10.0 Å². The van der Waals surface area contributed by atoms with Gasteiger partial charge < -0.3 is 0 Å². The second-order valence-corrected chi connectivity index (χ2v) is 7.89. The van der Waals surface area contributed by atoms with Gasteiger partial charge in [0.25, 0.3) is 0 Å². The van der Waals surface area contributed by atoms with E-state index in [0.29, 0.717) is 13.1 Å². The van der Waals surface area contributed by atoms with E-state index in [1.807, 2.05) is 0 Å². The molecular weight excluding hydrogens is 359 g/mol. The highest BCUT2D eigenvalue weighted by atomic mass is 79.9. The Balaban J connectivity index is 2.19. The van der Waals surface area contributed by atoms with Crippen LogP contribution in [0.4, 0.5) is 4.39 Å². The van der Waals surface area contributed by atoms with Crippen LogP contribution in [0.15, 0.2) is 27.6 Å². The average Bonchev–Trinajstić information content (AvgIpc) is 2.93. The number of hydrogen-bond acceptors (Lipinski definition) is 3. The molecular formula is C14H20BrFN2O2S. The summed E-state index contributed by atoms with van der Waals surface area (Å²) in [5, 5.41) is 0. The fourth-order valence-corrected chi connectivity index (χ4v) is 4.50. The van der Waals surface area contributed by atoms with Crippen LogP contribution < -0.4 is 0 Å². The largest absolute Gasteiger partial charge is 0.300 e. The molecule has 1 fully saturated rings.